The Hall–Kier alpha value is -3.24. The van der Waals surface area contributed by atoms with Crippen molar-refractivity contribution in [2.45, 2.75) is 52.6 Å². The largest absolute Gasteiger partial charge is 0.495 e. The molecule has 3 N–H and O–H groups in total. The molecule has 1 saturated carbocycles. The van der Waals surface area contributed by atoms with Gasteiger partial charge in [-0.2, -0.15) is 5.26 Å². The summed E-state index contributed by atoms with van der Waals surface area (Å²) in [6, 6.07) is 13.1. The molecule has 192 valence electrons. The van der Waals surface area contributed by atoms with Crippen molar-refractivity contribution in [1.82, 2.24) is 0 Å². The molecule has 1 amide bonds. The van der Waals surface area contributed by atoms with E-state index >= 15 is 0 Å². The fourth-order valence-electron chi connectivity index (χ4n) is 6.83. The highest BCUT2D eigenvalue weighted by molar-refractivity contribution is 5.93. The van der Waals surface area contributed by atoms with Gasteiger partial charge >= 0.3 is 0 Å². The Labute approximate surface area is 213 Å². The molecular weight excluding hydrogens is 454 g/mol. The third-order valence-electron chi connectivity index (χ3n) is 8.23. The fourth-order valence-corrected chi connectivity index (χ4v) is 6.83. The lowest BCUT2D eigenvalue weighted by atomic mass is 9.42. The number of piperidine rings is 1. The molecule has 0 atom stereocenters. The number of hydrogen-bond donors (Lipinski definition) is 2. The predicted octanol–water partition coefficient (Wildman–Crippen LogP) is 4.60. The molecular formula is C29H37N3O4. The lowest BCUT2D eigenvalue weighted by Crippen LogP contribution is -2.67. The summed E-state index contributed by atoms with van der Waals surface area (Å²) in [5.41, 5.74) is 7.26. The second kappa shape index (κ2) is 9.33. The number of methoxy groups -OCH3 is 1. The summed E-state index contributed by atoms with van der Waals surface area (Å²) in [5, 5.41) is 19.1. The van der Waals surface area contributed by atoms with E-state index in [1.807, 2.05) is 12.1 Å². The molecule has 2 aromatic carbocycles. The average Bonchev–Trinajstić information content (AvgIpc) is 2.85. The Morgan fingerprint density at radius 3 is 2.33 bits per heavy atom. The van der Waals surface area contributed by atoms with Crippen LogP contribution < -0.4 is 20.1 Å². The van der Waals surface area contributed by atoms with E-state index in [4.69, 9.17) is 15.2 Å². The van der Waals surface area contributed by atoms with Gasteiger partial charge in [0.2, 0.25) is 5.91 Å². The number of carbonyl (C=O) groups is 1. The quantitative estimate of drug-likeness (QED) is 0.586. The van der Waals surface area contributed by atoms with Crippen LogP contribution in [0.2, 0.25) is 0 Å². The van der Waals surface area contributed by atoms with Gasteiger partial charge in [0.15, 0.2) is 0 Å². The SMILES string of the molecule is COc1cc(OC2(c3cc(C(N)=O)ccc3N3CCC(CO)CC3)C(C)(C)CC2(C)C)ccc1C#N. The molecule has 0 spiro atoms. The third kappa shape index (κ3) is 4.08. The maximum Gasteiger partial charge on any atom is 0.248 e. The molecule has 1 aliphatic heterocycles. The standard InChI is InChI=1S/C29H37N3O4/c1-27(2)18-28(3,4)29(27,36-22-8-6-21(16-30)25(15-22)35-5)23-14-20(26(31)34)7-9-24(23)32-12-10-19(17-33)11-13-32/h6-9,14-15,19,33H,10-13,17-18H2,1-5H3,(H2,31,34). The first-order chi connectivity index (χ1) is 17.0. The maximum absolute atomic E-state index is 12.3. The number of carbonyl (C=O) groups excluding carboxylic acids is 1. The van der Waals surface area contributed by atoms with E-state index in [1.54, 1.807) is 24.3 Å². The van der Waals surface area contributed by atoms with Gasteiger partial charge in [-0.25, -0.2) is 0 Å². The molecule has 36 heavy (non-hydrogen) atoms. The van der Waals surface area contributed by atoms with Crippen LogP contribution in [0.25, 0.3) is 0 Å². The highest BCUT2D eigenvalue weighted by Gasteiger charge is 2.69. The van der Waals surface area contributed by atoms with E-state index in [2.05, 4.69) is 38.7 Å². The second-order valence-electron chi connectivity index (χ2n) is 11.4. The van der Waals surface area contributed by atoms with Crippen molar-refractivity contribution in [2.24, 2.45) is 22.5 Å². The molecule has 7 heteroatoms. The smallest absolute Gasteiger partial charge is 0.248 e. The van der Waals surface area contributed by atoms with Crippen LogP contribution in [-0.4, -0.2) is 37.8 Å². The molecule has 0 bridgehead atoms. The van der Waals surface area contributed by atoms with Gasteiger partial charge in [-0.05, 0) is 55.5 Å². The normalized spacial score (nSPS) is 20.2. The van der Waals surface area contributed by atoms with E-state index in [1.165, 1.54) is 7.11 Å². The monoisotopic (exact) mass is 491 g/mol. The summed E-state index contributed by atoms with van der Waals surface area (Å²) in [4.78, 5) is 14.6. The van der Waals surface area contributed by atoms with Crippen molar-refractivity contribution < 1.29 is 19.4 Å². The second-order valence-corrected chi connectivity index (χ2v) is 11.4. The molecule has 0 aromatic heterocycles. The Morgan fingerprint density at radius 2 is 1.81 bits per heavy atom. The Balaban J connectivity index is 1.90. The van der Waals surface area contributed by atoms with Crippen LogP contribution >= 0.6 is 0 Å². The molecule has 1 saturated heterocycles. The van der Waals surface area contributed by atoms with E-state index in [-0.39, 0.29) is 17.4 Å². The minimum absolute atomic E-state index is 0.203. The summed E-state index contributed by atoms with van der Waals surface area (Å²) >= 11 is 0. The Morgan fingerprint density at radius 1 is 1.14 bits per heavy atom. The van der Waals surface area contributed by atoms with Crippen molar-refractivity contribution in [3.05, 3.63) is 53.1 Å². The van der Waals surface area contributed by atoms with Crippen LogP contribution in [0.4, 0.5) is 5.69 Å². The topological polar surface area (TPSA) is 109 Å². The van der Waals surface area contributed by atoms with Gasteiger partial charge in [-0.1, -0.05) is 27.7 Å². The van der Waals surface area contributed by atoms with Crippen molar-refractivity contribution in [1.29, 1.82) is 5.26 Å². The van der Waals surface area contributed by atoms with Crippen LogP contribution in [-0.2, 0) is 5.60 Å². The first-order valence-electron chi connectivity index (χ1n) is 12.6. The number of nitriles is 1. The molecule has 2 aliphatic rings. The molecule has 0 unspecified atom stereocenters. The molecule has 1 aliphatic carbocycles. The number of amides is 1. The molecule has 0 radical (unpaired) electrons. The van der Waals surface area contributed by atoms with Crippen LogP contribution in [0.15, 0.2) is 36.4 Å². The number of nitrogens with zero attached hydrogens (tertiary/aromatic N) is 2. The first kappa shape index (κ1) is 25.8. The van der Waals surface area contributed by atoms with Gasteiger partial charge in [0, 0.05) is 53.4 Å². The predicted molar refractivity (Wildman–Crippen MR) is 139 cm³/mol. The van der Waals surface area contributed by atoms with Gasteiger partial charge in [0.05, 0.1) is 12.7 Å². The lowest BCUT2D eigenvalue weighted by Gasteiger charge is -2.67. The van der Waals surface area contributed by atoms with Gasteiger partial charge in [0.25, 0.3) is 0 Å². The van der Waals surface area contributed by atoms with Gasteiger partial charge in [-0.3, -0.25) is 4.79 Å². The number of nitrogens with two attached hydrogens (primary N) is 1. The van der Waals surface area contributed by atoms with Crippen molar-refractivity contribution in [3.63, 3.8) is 0 Å². The zero-order valence-corrected chi connectivity index (χ0v) is 21.9. The average molecular weight is 492 g/mol. The number of aliphatic hydroxyl groups excluding tert-OH is 1. The maximum atomic E-state index is 12.3. The number of primary amides is 1. The Kier molecular flexibility index (Phi) is 6.70. The zero-order valence-electron chi connectivity index (χ0n) is 21.9. The fraction of sp³-hybridized carbons (Fsp3) is 0.517. The number of anilines is 1. The molecule has 4 rings (SSSR count). The summed E-state index contributed by atoms with van der Waals surface area (Å²) in [6.07, 6.45) is 2.72. The van der Waals surface area contributed by atoms with E-state index < -0.39 is 11.5 Å². The van der Waals surface area contributed by atoms with Crippen molar-refractivity contribution in [3.8, 4) is 17.6 Å². The highest BCUT2D eigenvalue weighted by Crippen LogP contribution is 2.69. The van der Waals surface area contributed by atoms with Crippen LogP contribution in [0.3, 0.4) is 0 Å². The van der Waals surface area contributed by atoms with E-state index in [0.717, 1.165) is 43.6 Å². The molecule has 7 nitrogen and oxygen atoms in total. The van der Waals surface area contributed by atoms with Crippen molar-refractivity contribution >= 4 is 11.6 Å². The lowest BCUT2D eigenvalue weighted by molar-refractivity contribution is -0.237. The number of rotatable bonds is 7. The molecule has 2 aromatic rings. The first-order valence-corrected chi connectivity index (χ1v) is 12.6. The minimum Gasteiger partial charge on any atom is -0.495 e. The third-order valence-corrected chi connectivity index (χ3v) is 8.23. The minimum atomic E-state index is -0.784. The van der Waals surface area contributed by atoms with Gasteiger partial charge in [0.1, 0.15) is 23.2 Å². The van der Waals surface area contributed by atoms with Crippen LogP contribution in [0.1, 0.15) is 68.4 Å². The van der Waals surface area contributed by atoms with Crippen LogP contribution in [0, 0.1) is 28.1 Å². The van der Waals surface area contributed by atoms with Gasteiger partial charge in [-0.15, -0.1) is 0 Å². The van der Waals surface area contributed by atoms with Crippen molar-refractivity contribution in [2.75, 3.05) is 31.7 Å². The van der Waals surface area contributed by atoms with Gasteiger partial charge < -0.3 is 25.2 Å². The number of aliphatic hydroxyl groups is 1. The summed E-state index contributed by atoms with van der Waals surface area (Å²) < 4.78 is 12.4. The Bertz CT molecular complexity index is 1180. The number of hydrogen-bond acceptors (Lipinski definition) is 6. The molecule has 2 fully saturated rings. The van der Waals surface area contributed by atoms with E-state index in [9.17, 15) is 15.2 Å². The number of ether oxygens (including phenoxy) is 2. The number of benzene rings is 2. The summed E-state index contributed by atoms with van der Waals surface area (Å²) in [5.74, 6) is 0.882. The summed E-state index contributed by atoms with van der Waals surface area (Å²) in [7, 11) is 1.54. The van der Waals surface area contributed by atoms with E-state index in [0.29, 0.717) is 28.5 Å². The highest BCUT2D eigenvalue weighted by atomic mass is 16.5. The molecule has 1 heterocycles. The zero-order chi connectivity index (χ0) is 26.3. The summed E-state index contributed by atoms with van der Waals surface area (Å²) in [6.45, 7) is 10.6. The van der Waals surface area contributed by atoms with Crippen LogP contribution in [0.5, 0.6) is 11.5 Å².